The van der Waals surface area contributed by atoms with Crippen molar-refractivity contribution >= 4 is 11.8 Å². The van der Waals surface area contributed by atoms with Crippen LogP contribution in [0.4, 0.5) is 0 Å². The molecule has 0 bridgehead atoms. The van der Waals surface area contributed by atoms with Crippen LogP contribution in [0.15, 0.2) is 10.5 Å². The molecule has 0 aromatic carbocycles. The third-order valence-corrected chi connectivity index (χ3v) is 3.84. The van der Waals surface area contributed by atoms with Crippen LogP contribution in [-0.2, 0) is 9.53 Å². The van der Waals surface area contributed by atoms with Crippen LogP contribution in [-0.4, -0.2) is 50.1 Å². The Labute approximate surface area is 144 Å². The molecule has 6 heteroatoms. The Hall–Kier alpha value is -1.82. The van der Waals surface area contributed by atoms with Gasteiger partial charge >= 0.3 is 0 Å². The van der Waals surface area contributed by atoms with Crippen LogP contribution in [0.1, 0.15) is 54.5 Å². The summed E-state index contributed by atoms with van der Waals surface area (Å²) in [7, 11) is 1.59. The van der Waals surface area contributed by atoms with Crippen molar-refractivity contribution in [2.75, 3.05) is 33.4 Å². The van der Waals surface area contributed by atoms with Crippen molar-refractivity contribution in [3.8, 4) is 0 Å². The normalized spacial score (nSPS) is 10.7. The number of carbonyl (C=O) groups is 2. The third-order valence-electron chi connectivity index (χ3n) is 3.84. The van der Waals surface area contributed by atoms with Crippen molar-refractivity contribution in [1.82, 2.24) is 10.2 Å². The summed E-state index contributed by atoms with van der Waals surface area (Å²) in [4.78, 5) is 26.2. The van der Waals surface area contributed by atoms with E-state index in [0.717, 1.165) is 19.3 Å². The van der Waals surface area contributed by atoms with E-state index in [9.17, 15) is 9.59 Å². The fraction of sp³-hybridized carbons (Fsp3) is 0.667. The van der Waals surface area contributed by atoms with Gasteiger partial charge in [0.1, 0.15) is 11.5 Å². The van der Waals surface area contributed by atoms with Gasteiger partial charge in [-0.25, -0.2) is 0 Å². The minimum atomic E-state index is -0.125. The molecule has 0 saturated heterocycles. The van der Waals surface area contributed by atoms with Crippen LogP contribution in [0, 0.1) is 13.8 Å². The molecule has 1 rings (SSSR count). The van der Waals surface area contributed by atoms with E-state index in [4.69, 9.17) is 9.15 Å². The van der Waals surface area contributed by atoms with Gasteiger partial charge < -0.3 is 19.4 Å². The maximum Gasteiger partial charge on any atom is 0.257 e. The van der Waals surface area contributed by atoms with Crippen molar-refractivity contribution in [3.63, 3.8) is 0 Å². The van der Waals surface area contributed by atoms with Crippen LogP contribution < -0.4 is 5.32 Å². The van der Waals surface area contributed by atoms with E-state index >= 15 is 0 Å². The van der Waals surface area contributed by atoms with Gasteiger partial charge in [0.15, 0.2) is 0 Å². The number of amides is 2. The fourth-order valence-corrected chi connectivity index (χ4v) is 2.46. The molecule has 0 aliphatic carbocycles. The number of carbonyl (C=O) groups excluding carboxylic acids is 2. The Balaban J connectivity index is 2.57. The first-order valence-electron chi connectivity index (χ1n) is 8.61. The highest BCUT2D eigenvalue weighted by Crippen LogP contribution is 2.16. The second-order valence-electron chi connectivity index (χ2n) is 5.92. The maximum atomic E-state index is 12.7. The highest BCUT2D eigenvalue weighted by Gasteiger charge is 2.21. The quantitative estimate of drug-likeness (QED) is 0.630. The Kier molecular flexibility index (Phi) is 9.15. The molecule has 1 heterocycles. The molecular formula is C18H30N2O4. The molecule has 24 heavy (non-hydrogen) atoms. The molecule has 0 fully saturated rings. The lowest BCUT2D eigenvalue weighted by Gasteiger charge is -2.22. The van der Waals surface area contributed by atoms with Crippen molar-refractivity contribution < 1.29 is 18.7 Å². The summed E-state index contributed by atoms with van der Waals surface area (Å²) in [5, 5.41) is 2.90. The molecule has 0 spiro atoms. The standard InChI is InChI=1S/C18H30N2O4/c1-5-6-7-9-19-17(21)8-10-20(11-12-23-4)18(22)16-13-14(2)24-15(16)3/h13H,5-12H2,1-4H3,(H,19,21). The molecular weight excluding hydrogens is 308 g/mol. The van der Waals surface area contributed by atoms with Gasteiger partial charge in [-0.15, -0.1) is 0 Å². The third kappa shape index (κ3) is 6.74. The van der Waals surface area contributed by atoms with Crippen molar-refractivity contribution in [1.29, 1.82) is 0 Å². The molecule has 1 aromatic heterocycles. The van der Waals surface area contributed by atoms with Gasteiger partial charge in [0.2, 0.25) is 5.91 Å². The van der Waals surface area contributed by atoms with Crippen molar-refractivity contribution in [2.24, 2.45) is 0 Å². The number of hydrogen-bond donors (Lipinski definition) is 1. The maximum absolute atomic E-state index is 12.7. The Bertz CT molecular complexity index is 525. The second kappa shape index (κ2) is 10.9. The van der Waals surface area contributed by atoms with Crippen LogP contribution in [0.2, 0.25) is 0 Å². The SMILES string of the molecule is CCCCCNC(=O)CCN(CCOC)C(=O)c1cc(C)oc1C. The van der Waals surface area contributed by atoms with Crippen molar-refractivity contribution in [3.05, 3.63) is 23.2 Å². The van der Waals surface area contributed by atoms with E-state index in [2.05, 4.69) is 12.2 Å². The number of nitrogens with zero attached hydrogens (tertiary/aromatic N) is 1. The Morgan fingerprint density at radius 2 is 2.00 bits per heavy atom. The number of aryl methyl sites for hydroxylation is 2. The van der Waals surface area contributed by atoms with E-state index in [-0.39, 0.29) is 18.2 Å². The van der Waals surface area contributed by atoms with Gasteiger partial charge in [-0.05, 0) is 26.3 Å². The summed E-state index contributed by atoms with van der Waals surface area (Å²) < 4.78 is 10.5. The lowest BCUT2D eigenvalue weighted by molar-refractivity contribution is -0.121. The van der Waals surface area contributed by atoms with Crippen LogP contribution in [0.5, 0.6) is 0 Å². The highest BCUT2D eigenvalue weighted by atomic mass is 16.5. The van der Waals surface area contributed by atoms with E-state index in [1.165, 1.54) is 0 Å². The first-order chi connectivity index (χ1) is 11.5. The second-order valence-corrected chi connectivity index (χ2v) is 5.92. The predicted molar refractivity (Wildman–Crippen MR) is 93.1 cm³/mol. The van der Waals surface area contributed by atoms with Crippen LogP contribution >= 0.6 is 0 Å². The molecule has 0 aliphatic rings. The largest absolute Gasteiger partial charge is 0.466 e. The van der Waals surface area contributed by atoms with Gasteiger partial charge in [0.25, 0.3) is 5.91 Å². The smallest absolute Gasteiger partial charge is 0.257 e. The average Bonchev–Trinajstić information content (AvgIpc) is 2.89. The minimum Gasteiger partial charge on any atom is -0.466 e. The Morgan fingerprint density at radius 3 is 2.58 bits per heavy atom. The average molecular weight is 338 g/mol. The lowest BCUT2D eigenvalue weighted by atomic mass is 10.2. The number of furan rings is 1. The molecule has 0 aliphatic heterocycles. The number of methoxy groups -OCH3 is 1. The van der Waals surface area contributed by atoms with Crippen molar-refractivity contribution in [2.45, 2.75) is 46.5 Å². The molecule has 0 atom stereocenters. The molecule has 1 aromatic rings. The summed E-state index contributed by atoms with van der Waals surface area (Å²) in [6, 6.07) is 1.74. The summed E-state index contributed by atoms with van der Waals surface area (Å²) >= 11 is 0. The van der Waals surface area contributed by atoms with E-state index in [1.807, 2.05) is 6.92 Å². The topological polar surface area (TPSA) is 71.8 Å². The molecule has 0 saturated carbocycles. The predicted octanol–water partition coefficient (Wildman–Crippen LogP) is 2.68. The van der Waals surface area contributed by atoms with Gasteiger partial charge in [0, 0.05) is 33.2 Å². The molecule has 0 radical (unpaired) electrons. The number of unbranched alkanes of at least 4 members (excludes halogenated alkanes) is 2. The van der Waals surface area contributed by atoms with E-state index in [0.29, 0.717) is 43.3 Å². The number of hydrogen-bond acceptors (Lipinski definition) is 4. The highest BCUT2D eigenvalue weighted by molar-refractivity contribution is 5.95. The van der Waals surface area contributed by atoms with E-state index < -0.39 is 0 Å². The summed E-state index contributed by atoms with van der Waals surface area (Å²) in [5.41, 5.74) is 0.548. The molecule has 1 N–H and O–H groups in total. The summed E-state index contributed by atoms with van der Waals surface area (Å²) in [6.07, 6.45) is 3.51. The zero-order valence-electron chi connectivity index (χ0n) is 15.3. The zero-order valence-corrected chi connectivity index (χ0v) is 15.3. The van der Waals surface area contributed by atoms with E-state index in [1.54, 1.807) is 25.0 Å². The fourth-order valence-electron chi connectivity index (χ4n) is 2.46. The minimum absolute atomic E-state index is 0.0265. The molecule has 2 amide bonds. The van der Waals surface area contributed by atoms with Gasteiger partial charge in [-0.2, -0.15) is 0 Å². The monoisotopic (exact) mass is 338 g/mol. The van der Waals surface area contributed by atoms with Gasteiger partial charge in [0.05, 0.1) is 12.2 Å². The van der Waals surface area contributed by atoms with Gasteiger partial charge in [-0.1, -0.05) is 19.8 Å². The zero-order chi connectivity index (χ0) is 17.9. The molecule has 6 nitrogen and oxygen atoms in total. The first kappa shape index (κ1) is 20.2. The van der Waals surface area contributed by atoms with Gasteiger partial charge in [-0.3, -0.25) is 9.59 Å². The molecule has 0 unspecified atom stereocenters. The number of nitrogens with one attached hydrogen (secondary N) is 1. The number of ether oxygens (including phenoxy) is 1. The summed E-state index contributed by atoms with van der Waals surface area (Å²) in [6.45, 7) is 7.65. The van der Waals surface area contributed by atoms with Crippen LogP contribution in [0.25, 0.3) is 0 Å². The first-order valence-corrected chi connectivity index (χ1v) is 8.61. The Morgan fingerprint density at radius 1 is 1.25 bits per heavy atom. The number of rotatable bonds is 11. The summed E-state index contributed by atoms with van der Waals surface area (Å²) in [5.74, 6) is 1.15. The molecule has 136 valence electrons. The lowest BCUT2D eigenvalue weighted by Crippen LogP contribution is -2.37. The van der Waals surface area contributed by atoms with Crippen LogP contribution in [0.3, 0.4) is 0 Å².